The summed E-state index contributed by atoms with van der Waals surface area (Å²) in [7, 11) is 0. The highest BCUT2D eigenvalue weighted by molar-refractivity contribution is 7.22. The lowest BCUT2D eigenvalue weighted by Crippen LogP contribution is -2.12. The number of thiazole rings is 1. The molecule has 1 aromatic heterocycles. The lowest BCUT2D eigenvalue weighted by atomic mass is 10.2. The summed E-state index contributed by atoms with van der Waals surface area (Å²) in [5.41, 5.74) is 1.32. The molecule has 1 heterocycles. The van der Waals surface area contributed by atoms with Gasteiger partial charge in [0.15, 0.2) is 5.13 Å². The van der Waals surface area contributed by atoms with Gasteiger partial charge in [0.05, 0.1) is 25.7 Å². The highest BCUT2D eigenvalue weighted by atomic mass is 35.5. The van der Waals surface area contributed by atoms with Gasteiger partial charge in [-0.05, 0) is 30.7 Å². The maximum atomic E-state index is 12.4. The Hall–Kier alpha value is -2.22. The van der Waals surface area contributed by atoms with Crippen LogP contribution in [-0.4, -0.2) is 15.8 Å². The summed E-state index contributed by atoms with van der Waals surface area (Å²) in [5.74, 6) is -0.563. The van der Waals surface area contributed by atoms with Crippen LogP contribution in [0.1, 0.15) is 15.9 Å². The van der Waals surface area contributed by atoms with E-state index in [1.54, 1.807) is 6.07 Å². The van der Waals surface area contributed by atoms with Crippen molar-refractivity contribution in [1.29, 1.82) is 0 Å². The molecule has 24 heavy (non-hydrogen) atoms. The lowest BCUT2D eigenvalue weighted by Gasteiger charge is -2.03. The highest BCUT2D eigenvalue weighted by Crippen LogP contribution is 2.32. The van der Waals surface area contributed by atoms with E-state index in [-0.39, 0.29) is 16.3 Å². The topological polar surface area (TPSA) is 85.1 Å². The first-order valence-corrected chi connectivity index (χ1v) is 8.25. The van der Waals surface area contributed by atoms with Crippen LogP contribution in [0, 0.1) is 17.0 Å². The van der Waals surface area contributed by atoms with Crippen molar-refractivity contribution in [3.63, 3.8) is 0 Å². The zero-order valence-corrected chi connectivity index (χ0v) is 14.5. The molecule has 0 aliphatic rings. The van der Waals surface area contributed by atoms with Gasteiger partial charge in [0.25, 0.3) is 11.6 Å². The number of hydrogen-bond acceptors (Lipinski definition) is 5. The number of carbonyl (C=O) groups is 1. The fourth-order valence-corrected chi connectivity index (χ4v) is 3.40. The van der Waals surface area contributed by atoms with Gasteiger partial charge >= 0.3 is 0 Å². The molecule has 0 saturated heterocycles. The summed E-state index contributed by atoms with van der Waals surface area (Å²) in [4.78, 5) is 27.0. The first-order valence-electron chi connectivity index (χ1n) is 6.68. The number of non-ortho nitro benzene ring substituents is 1. The maximum Gasteiger partial charge on any atom is 0.270 e. The van der Waals surface area contributed by atoms with E-state index in [1.807, 2.05) is 13.0 Å². The highest BCUT2D eigenvalue weighted by Gasteiger charge is 2.18. The quantitative estimate of drug-likeness (QED) is 0.506. The molecule has 0 fully saturated rings. The van der Waals surface area contributed by atoms with E-state index in [4.69, 9.17) is 23.2 Å². The number of fused-ring (bicyclic) bond motifs is 1. The van der Waals surface area contributed by atoms with Crippen molar-refractivity contribution >= 4 is 61.5 Å². The molecule has 0 radical (unpaired) electrons. The van der Waals surface area contributed by atoms with Gasteiger partial charge in [-0.25, -0.2) is 4.98 Å². The van der Waals surface area contributed by atoms with Gasteiger partial charge in [0.2, 0.25) is 0 Å². The van der Waals surface area contributed by atoms with Crippen LogP contribution in [0.5, 0.6) is 0 Å². The van der Waals surface area contributed by atoms with E-state index in [2.05, 4.69) is 10.3 Å². The number of amides is 1. The molecule has 1 N–H and O–H groups in total. The first-order chi connectivity index (χ1) is 11.4. The third-order valence-corrected chi connectivity index (χ3v) is 5.05. The summed E-state index contributed by atoms with van der Waals surface area (Å²) >= 11 is 13.3. The molecule has 0 unspecified atom stereocenters. The third kappa shape index (κ3) is 3.06. The Morgan fingerprint density at radius 2 is 1.96 bits per heavy atom. The molecular formula is C15H9Cl2N3O3S. The van der Waals surface area contributed by atoms with Gasteiger partial charge in [0, 0.05) is 17.2 Å². The van der Waals surface area contributed by atoms with E-state index >= 15 is 0 Å². The van der Waals surface area contributed by atoms with E-state index < -0.39 is 10.8 Å². The molecule has 6 nitrogen and oxygen atoms in total. The minimum absolute atomic E-state index is 0.0138. The molecule has 3 rings (SSSR count). The van der Waals surface area contributed by atoms with E-state index in [0.717, 1.165) is 16.3 Å². The van der Waals surface area contributed by atoms with Crippen LogP contribution in [-0.2, 0) is 0 Å². The van der Waals surface area contributed by atoms with E-state index in [9.17, 15) is 14.9 Å². The molecule has 0 bridgehead atoms. The van der Waals surface area contributed by atoms with Crippen molar-refractivity contribution in [3.8, 4) is 0 Å². The summed E-state index contributed by atoms with van der Waals surface area (Å²) in [5, 5.41) is 14.5. The second kappa shape index (κ2) is 6.35. The minimum atomic E-state index is -0.587. The molecule has 1 amide bonds. The number of nitrogens with zero attached hydrogens (tertiary/aromatic N) is 2. The zero-order valence-electron chi connectivity index (χ0n) is 12.2. The Labute approximate surface area is 150 Å². The van der Waals surface area contributed by atoms with Crippen LogP contribution in [0.25, 0.3) is 10.2 Å². The molecule has 122 valence electrons. The molecule has 0 spiro atoms. The second-order valence-electron chi connectivity index (χ2n) is 4.91. The van der Waals surface area contributed by atoms with Crippen LogP contribution in [0.3, 0.4) is 0 Å². The smallest absolute Gasteiger partial charge is 0.270 e. The summed E-state index contributed by atoms with van der Waals surface area (Å²) in [6.07, 6.45) is 0. The third-order valence-electron chi connectivity index (χ3n) is 3.37. The first kappa shape index (κ1) is 16.6. The molecule has 0 aliphatic heterocycles. The molecule has 0 atom stereocenters. The average molecular weight is 382 g/mol. The number of nitrogens with one attached hydrogen (secondary N) is 1. The number of anilines is 1. The summed E-state index contributed by atoms with van der Waals surface area (Å²) in [6, 6.07) is 7.27. The Balaban J connectivity index is 1.94. The Kier molecular flexibility index (Phi) is 4.40. The second-order valence-corrected chi connectivity index (χ2v) is 6.76. The van der Waals surface area contributed by atoms with Gasteiger partial charge in [-0.3, -0.25) is 20.2 Å². The summed E-state index contributed by atoms with van der Waals surface area (Å²) in [6.45, 7) is 1.84. The molecule has 0 aliphatic carbocycles. The largest absolute Gasteiger partial charge is 0.298 e. The Bertz CT molecular complexity index is 987. The number of aryl methyl sites for hydroxylation is 1. The Morgan fingerprint density at radius 3 is 2.67 bits per heavy atom. The van der Waals surface area contributed by atoms with Crippen molar-refractivity contribution in [2.24, 2.45) is 0 Å². The predicted molar refractivity (Wildman–Crippen MR) is 95.4 cm³/mol. The molecular weight excluding hydrogens is 373 g/mol. The van der Waals surface area contributed by atoms with Crippen molar-refractivity contribution in [1.82, 2.24) is 4.98 Å². The van der Waals surface area contributed by atoms with Crippen LogP contribution in [0.4, 0.5) is 10.8 Å². The van der Waals surface area contributed by atoms with Gasteiger partial charge in [-0.2, -0.15) is 0 Å². The number of rotatable bonds is 3. The number of benzene rings is 2. The molecule has 9 heteroatoms. The van der Waals surface area contributed by atoms with Crippen molar-refractivity contribution < 1.29 is 9.72 Å². The van der Waals surface area contributed by atoms with Crippen LogP contribution in [0.2, 0.25) is 10.0 Å². The van der Waals surface area contributed by atoms with Crippen molar-refractivity contribution in [3.05, 3.63) is 61.6 Å². The Morgan fingerprint density at radius 1 is 1.25 bits per heavy atom. The van der Waals surface area contributed by atoms with Gasteiger partial charge in [0.1, 0.15) is 0 Å². The lowest BCUT2D eigenvalue weighted by molar-refractivity contribution is -0.384. The average Bonchev–Trinajstić information content (AvgIpc) is 2.94. The number of nitro groups is 1. The fourth-order valence-electron chi connectivity index (χ4n) is 2.12. The number of halogens is 2. The number of hydrogen-bond donors (Lipinski definition) is 1. The van der Waals surface area contributed by atoms with Crippen LogP contribution < -0.4 is 5.32 Å². The van der Waals surface area contributed by atoms with Gasteiger partial charge in [-0.1, -0.05) is 34.5 Å². The minimum Gasteiger partial charge on any atom is -0.298 e. The zero-order chi connectivity index (χ0) is 17.4. The molecule has 2 aromatic carbocycles. The van der Waals surface area contributed by atoms with Gasteiger partial charge < -0.3 is 0 Å². The number of carbonyl (C=O) groups excluding carboxylic acids is 1. The van der Waals surface area contributed by atoms with Crippen LogP contribution >= 0.6 is 34.5 Å². The monoisotopic (exact) mass is 381 g/mol. The molecule has 3 aromatic rings. The normalized spacial score (nSPS) is 10.8. The number of aromatic nitrogens is 1. The standard InChI is InChI=1S/C15H9Cl2N3O3S/c1-7-10(16)4-5-12-13(7)18-15(24-12)19-14(21)9-6-8(20(22)23)2-3-11(9)17/h2-6H,1H3,(H,18,19,21). The van der Waals surface area contributed by atoms with Crippen LogP contribution in [0.15, 0.2) is 30.3 Å². The van der Waals surface area contributed by atoms with E-state index in [0.29, 0.717) is 15.7 Å². The SMILES string of the molecule is Cc1c(Cl)ccc2sc(NC(=O)c3cc([N+](=O)[O-])ccc3Cl)nc12. The molecule has 0 saturated carbocycles. The van der Waals surface area contributed by atoms with Crippen molar-refractivity contribution in [2.75, 3.05) is 5.32 Å². The van der Waals surface area contributed by atoms with Gasteiger partial charge in [-0.15, -0.1) is 0 Å². The maximum absolute atomic E-state index is 12.4. The fraction of sp³-hybridized carbons (Fsp3) is 0.0667. The van der Waals surface area contributed by atoms with E-state index in [1.165, 1.54) is 23.5 Å². The van der Waals surface area contributed by atoms with Crippen molar-refractivity contribution in [2.45, 2.75) is 6.92 Å². The number of nitro benzene ring substituents is 1. The predicted octanol–water partition coefficient (Wildman–Crippen LogP) is 5.07. The summed E-state index contributed by atoms with van der Waals surface area (Å²) < 4.78 is 0.873.